The standard InChI is InChI=1S/C38H33N.C16H15N.C7H8/c1-4-31-21-25-33(26-22-31)34-27-23-32(24-28-34)20-18-29(2)17-19-30(3)39(36-13-6-5-7-14-36)38-16-10-12-35-11-8-9-15-37(35)38;1-2-3-8-14-9-7-12-16(13-14)17-15-10-5-4-6-11-15;1-7-5-3-2-4-6-7/h4-21,23-25,27-28H,1-3,22,26H2;2-13,17H,1H2;2-6H,1H3/b19-17-,20-18+;8-3-;. The molecule has 0 saturated heterocycles. The monoisotopic (exact) mass is 816 g/mol. The first-order valence-electron chi connectivity index (χ1n) is 21.3. The quantitative estimate of drug-likeness (QED) is 0.117. The predicted molar refractivity (Wildman–Crippen MR) is 277 cm³/mol. The second-order valence-electron chi connectivity index (χ2n) is 15.0. The van der Waals surface area contributed by atoms with Crippen molar-refractivity contribution in [1.29, 1.82) is 0 Å². The number of para-hydroxylation sites is 2. The van der Waals surface area contributed by atoms with Gasteiger partial charge in [0.05, 0.1) is 5.69 Å². The number of hydrogen-bond acceptors (Lipinski definition) is 2. The molecule has 7 aromatic carbocycles. The number of nitrogens with one attached hydrogen (secondary N) is 1. The molecule has 0 spiro atoms. The van der Waals surface area contributed by atoms with Crippen molar-refractivity contribution in [3.8, 4) is 0 Å². The average molecular weight is 817 g/mol. The van der Waals surface area contributed by atoms with Crippen molar-refractivity contribution in [2.24, 2.45) is 0 Å². The van der Waals surface area contributed by atoms with Gasteiger partial charge in [-0.25, -0.2) is 0 Å². The fraction of sp³-hybridized carbons (Fsp3) is 0.0492. The lowest BCUT2D eigenvalue weighted by atomic mass is 9.93. The van der Waals surface area contributed by atoms with Crippen molar-refractivity contribution in [1.82, 2.24) is 0 Å². The third-order valence-electron chi connectivity index (χ3n) is 10.3. The van der Waals surface area contributed by atoms with E-state index in [1.54, 1.807) is 6.08 Å². The minimum Gasteiger partial charge on any atom is -0.356 e. The molecule has 0 amide bonds. The maximum Gasteiger partial charge on any atom is 0.0539 e. The number of hydrogen-bond donors (Lipinski definition) is 1. The van der Waals surface area contributed by atoms with Crippen LogP contribution in [0.5, 0.6) is 0 Å². The van der Waals surface area contributed by atoms with Crippen molar-refractivity contribution in [3.63, 3.8) is 0 Å². The first-order valence-corrected chi connectivity index (χ1v) is 21.3. The zero-order valence-electron chi connectivity index (χ0n) is 36.3. The number of fused-ring (bicyclic) bond motifs is 1. The molecule has 310 valence electrons. The highest BCUT2D eigenvalue weighted by molar-refractivity contribution is 5.97. The molecule has 0 bridgehead atoms. The van der Waals surface area contributed by atoms with Crippen molar-refractivity contribution in [3.05, 3.63) is 296 Å². The predicted octanol–water partition coefficient (Wildman–Crippen LogP) is 17.2. The van der Waals surface area contributed by atoms with E-state index in [0.717, 1.165) is 58.0 Å². The Morgan fingerprint density at radius 3 is 1.89 bits per heavy atom. The van der Waals surface area contributed by atoms with Gasteiger partial charge in [0.15, 0.2) is 0 Å². The van der Waals surface area contributed by atoms with Crippen LogP contribution in [0.2, 0.25) is 0 Å². The molecular weight excluding hydrogens is 761 g/mol. The van der Waals surface area contributed by atoms with Crippen LogP contribution in [0.1, 0.15) is 35.1 Å². The number of allylic oxidation sites excluding steroid dienone is 11. The van der Waals surface area contributed by atoms with Gasteiger partial charge in [-0.2, -0.15) is 0 Å². The summed E-state index contributed by atoms with van der Waals surface area (Å²) in [4.78, 5) is 2.20. The maximum atomic E-state index is 4.43. The van der Waals surface area contributed by atoms with E-state index in [2.05, 4.69) is 183 Å². The van der Waals surface area contributed by atoms with Gasteiger partial charge in [-0.3, -0.25) is 0 Å². The lowest BCUT2D eigenvalue weighted by Crippen LogP contribution is -2.14. The SMILES string of the molecule is C=C/C=C\c1cccc(Nc2ccccc2)c1.C=CC1=CC=C(c2ccc(/C=C/C(=C)/C=C\C(=C)N(c3ccccc3)c3cccc4ccccc34)cc2)CC1.Cc1ccccc1. The average Bonchev–Trinajstić information content (AvgIpc) is 3.34. The van der Waals surface area contributed by atoms with Crippen LogP contribution in [0.25, 0.3) is 28.5 Å². The van der Waals surface area contributed by atoms with Crippen LogP contribution in [-0.4, -0.2) is 0 Å². The lowest BCUT2D eigenvalue weighted by Gasteiger charge is -2.27. The molecule has 1 aliphatic rings. The molecule has 0 fully saturated rings. The smallest absolute Gasteiger partial charge is 0.0539 e. The minimum absolute atomic E-state index is 0.867. The van der Waals surface area contributed by atoms with Crippen LogP contribution >= 0.6 is 0 Å². The van der Waals surface area contributed by atoms with Gasteiger partial charge in [-0.15, -0.1) is 0 Å². The van der Waals surface area contributed by atoms with E-state index in [1.807, 2.05) is 97.1 Å². The molecule has 1 N–H and O–H groups in total. The van der Waals surface area contributed by atoms with Gasteiger partial charge in [-0.1, -0.05) is 226 Å². The van der Waals surface area contributed by atoms with Crippen molar-refractivity contribution >= 4 is 51.2 Å². The highest BCUT2D eigenvalue weighted by Crippen LogP contribution is 2.35. The first kappa shape index (κ1) is 44.6. The normalized spacial score (nSPS) is 12.0. The summed E-state index contributed by atoms with van der Waals surface area (Å²) in [5.41, 5.74) is 13.7. The van der Waals surface area contributed by atoms with Crippen LogP contribution in [0.15, 0.2) is 274 Å². The highest BCUT2D eigenvalue weighted by Gasteiger charge is 2.14. The largest absolute Gasteiger partial charge is 0.356 e. The molecule has 7 aromatic rings. The minimum atomic E-state index is 0.867. The molecule has 1 aliphatic carbocycles. The van der Waals surface area contributed by atoms with E-state index >= 15 is 0 Å². The van der Waals surface area contributed by atoms with E-state index in [4.69, 9.17) is 0 Å². The Morgan fingerprint density at radius 1 is 0.571 bits per heavy atom. The topological polar surface area (TPSA) is 15.3 Å². The second-order valence-corrected chi connectivity index (χ2v) is 15.0. The van der Waals surface area contributed by atoms with Gasteiger partial charge in [0.25, 0.3) is 0 Å². The summed E-state index contributed by atoms with van der Waals surface area (Å²) in [6.07, 6.45) is 22.4. The molecule has 0 unspecified atom stereocenters. The molecule has 0 atom stereocenters. The maximum absolute atomic E-state index is 4.43. The summed E-state index contributed by atoms with van der Waals surface area (Å²) < 4.78 is 0. The summed E-state index contributed by atoms with van der Waals surface area (Å²) >= 11 is 0. The van der Waals surface area contributed by atoms with Gasteiger partial charge in [0, 0.05) is 28.1 Å². The van der Waals surface area contributed by atoms with Crippen LogP contribution in [-0.2, 0) is 0 Å². The molecule has 0 radical (unpaired) electrons. The Morgan fingerprint density at radius 2 is 1.22 bits per heavy atom. The Hall–Kier alpha value is -7.94. The number of rotatable bonds is 13. The zero-order chi connectivity index (χ0) is 44.1. The molecule has 0 aromatic heterocycles. The third-order valence-corrected chi connectivity index (χ3v) is 10.3. The summed E-state index contributed by atoms with van der Waals surface area (Å²) in [6.45, 7) is 18.3. The molecule has 0 aliphatic heterocycles. The highest BCUT2D eigenvalue weighted by atomic mass is 15.1. The van der Waals surface area contributed by atoms with E-state index in [1.165, 1.54) is 33.0 Å². The second kappa shape index (κ2) is 23.7. The zero-order valence-corrected chi connectivity index (χ0v) is 36.3. The van der Waals surface area contributed by atoms with Gasteiger partial charge in [0.2, 0.25) is 0 Å². The first-order chi connectivity index (χ1) is 30.9. The molecule has 0 saturated carbocycles. The van der Waals surface area contributed by atoms with Gasteiger partial charge in [0.1, 0.15) is 0 Å². The molecular formula is C61H56N2. The Kier molecular flexibility index (Phi) is 16.8. The van der Waals surface area contributed by atoms with Gasteiger partial charge >= 0.3 is 0 Å². The Labute approximate surface area is 375 Å². The Balaban J connectivity index is 0.000000224. The number of aryl methyl sites for hydroxylation is 1. The fourth-order valence-corrected chi connectivity index (χ4v) is 6.97. The van der Waals surface area contributed by atoms with Crippen LogP contribution in [0.4, 0.5) is 22.7 Å². The molecule has 0 heterocycles. The number of anilines is 4. The lowest BCUT2D eigenvalue weighted by molar-refractivity contribution is 1.01. The van der Waals surface area contributed by atoms with E-state index in [0.29, 0.717) is 0 Å². The van der Waals surface area contributed by atoms with E-state index < -0.39 is 0 Å². The molecule has 63 heavy (non-hydrogen) atoms. The van der Waals surface area contributed by atoms with Crippen LogP contribution in [0.3, 0.4) is 0 Å². The summed E-state index contributed by atoms with van der Waals surface area (Å²) in [5.74, 6) is 0. The number of benzene rings is 7. The van der Waals surface area contributed by atoms with Gasteiger partial charge in [-0.05, 0) is 107 Å². The van der Waals surface area contributed by atoms with Gasteiger partial charge < -0.3 is 10.2 Å². The summed E-state index contributed by atoms with van der Waals surface area (Å²) in [7, 11) is 0. The van der Waals surface area contributed by atoms with E-state index in [9.17, 15) is 0 Å². The molecule has 8 rings (SSSR count). The fourth-order valence-electron chi connectivity index (χ4n) is 6.97. The van der Waals surface area contributed by atoms with Crippen LogP contribution in [0, 0.1) is 6.92 Å². The molecule has 2 nitrogen and oxygen atoms in total. The van der Waals surface area contributed by atoms with Crippen molar-refractivity contribution < 1.29 is 0 Å². The summed E-state index contributed by atoms with van der Waals surface area (Å²) in [6, 6.07) is 62.5. The number of nitrogens with zero attached hydrogens (tertiary/aromatic N) is 1. The van der Waals surface area contributed by atoms with Crippen LogP contribution < -0.4 is 10.2 Å². The summed E-state index contributed by atoms with van der Waals surface area (Å²) in [5, 5.41) is 5.74. The van der Waals surface area contributed by atoms with Crippen molar-refractivity contribution in [2.45, 2.75) is 19.8 Å². The Bertz CT molecular complexity index is 2740. The third kappa shape index (κ3) is 13.8. The molecule has 2 heteroatoms. The van der Waals surface area contributed by atoms with E-state index in [-0.39, 0.29) is 0 Å². The van der Waals surface area contributed by atoms with Crippen molar-refractivity contribution in [2.75, 3.05) is 10.2 Å².